The summed E-state index contributed by atoms with van der Waals surface area (Å²) in [5.74, 6) is 0.674. The van der Waals surface area contributed by atoms with Crippen LogP contribution in [0.1, 0.15) is 18.1 Å². The summed E-state index contributed by atoms with van der Waals surface area (Å²) in [7, 11) is 1.52. The van der Waals surface area contributed by atoms with Crippen LogP contribution in [0.2, 0.25) is 15.1 Å². The summed E-state index contributed by atoms with van der Waals surface area (Å²) >= 11 is 25.3. The van der Waals surface area contributed by atoms with Crippen LogP contribution >= 0.6 is 58.8 Å². The number of carbonyl (C=O) groups is 1. The molecule has 1 fully saturated rings. The number of rotatable bonds is 6. The van der Waals surface area contributed by atoms with Crippen LogP contribution in [0.3, 0.4) is 0 Å². The molecule has 29 heavy (non-hydrogen) atoms. The molecule has 1 aliphatic rings. The number of thioether (sulfide) groups is 1. The van der Waals surface area contributed by atoms with Gasteiger partial charge in [0.25, 0.3) is 5.91 Å². The van der Waals surface area contributed by atoms with Gasteiger partial charge < -0.3 is 9.47 Å². The number of methoxy groups -OCH3 is 1. The molecule has 0 N–H and O–H groups in total. The second-order valence-electron chi connectivity index (χ2n) is 5.95. The van der Waals surface area contributed by atoms with E-state index < -0.39 is 0 Å². The van der Waals surface area contributed by atoms with Crippen LogP contribution in [0.4, 0.5) is 0 Å². The van der Waals surface area contributed by atoms with Gasteiger partial charge >= 0.3 is 0 Å². The van der Waals surface area contributed by atoms with E-state index in [9.17, 15) is 4.79 Å². The Bertz CT molecular complexity index is 990. The van der Waals surface area contributed by atoms with Crippen LogP contribution in [0.15, 0.2) is 35.2 Å². The van der Waals surface area contributed by atoms with Gasteiger partial charge in [0.15, 0.2) is 11.5 Å². The first-order valence-electron chi connectivity index (χ1n) is 8.54. The molecule has 1 amide bonds. The fraction of sp³-hybridized carbons (Fsp3) is 0.200. The van der Waals surface area contributed by atoms with Crippen molar-refractivity contribution in [2.45, 2.75) is 13.5 Å². The molecule has 0 bridgehead atoms. The van der Waals surface area contributed by atoms with Crippen molar-refractivity contribution in [3.8, 4) is 11.5 Å². The zero-order valence-electron chi connectivity index (χ0n) is 15.5. The summed E-state index contributed by atoms with van der Waals surface area (Å²) in [6, 6.07) is 8.68. The van der Waals surface area contributed by atoms with Crippen molar-refractivity contribution >= 4 is 75.1 Å². The minimum absolute atomic E-state index is 0.119. The van der Waals surface area contributed by atoms with E-state index in [0.29, 0.717) is 53.5 Å². The fourth-order valence-electron chi connectivity index (χ4n) is 2.70. The van der Waals surface area contributed by atoms with Gasteiger partial charge in [-0.05, 0) is 42.8 Å². The van der Waals surface area contributed by atoms with Crippen LogP contribution in [0, 0.1) is 0 Å². The lowest BCUT2D eigenvalue weighted by atomic mass is 10.1. The van der Waals surface area contributed by atoms with Crippen LogP contribution < -0.4 is 9.47 Å². The average Bonchev–Trinajstić information content (AvgIpc) is 2.94. The standard InChI is InChI=1S/C20H16Cl3NO3S2/c1-3-24-19(25)17(29-20(24)28)9-11-7-15(23)18(16(8-11)26-2)27-10-12-13(21)5-4-6-14(12)22/h4-9H,3,10H2,1-2H3/b17-9+. The van der Waals surface area contributed by atoms with Crippen molar-refractivity contribution in [3.05, 3.63) is 61.4 Å². The van der Waals surface area contributed by atoms with Gasteiger partial charge in [-0.3, -0.25) is 9.69 Å². The minimum Gasteiger partial charge on any atom is -0.493 e. The third-order valence-electron chi connectivity index (χ3n) is 4.16. The van der Waals surface area contributed by atoms with Gasteiger partial charge in [-0.1, -0.05) is 64.8 Å². The lowest BCUT2D eigenvalue weighted by Crippen LogP contribution is -2.27. The van der Waals surface area contributed by atoms with E-state index in [1.165, 1.54) is 18.9 Å². The highest BCUT2D eigenvalue weighted by Gasteiger charge is 2.30. The Morgan fingerprint density at radius 1 is 1.17 bits per heavy atom. The molecule has 0 aromatic heterocycles. The molecule has 2 aromatic carbocycles. The smallest absolute Gasteiger partial charge is 0.266 e. The Hall–Kier alpha value is -1.44. The van der Waals surface area contributed by atoms with E-state index in [2.05, 4.69) is 0 Å². The summed E-state index contributed by atoms with van der Waals surface area (Å²) in [5, 5.41) is 1.34. The van der Waals surface area contributed by atoms with Crippen LogP contribution in [0.25, 0.3) is 6.08 Å². The van der Waals surface area contributed by atoms with E-state index in [0.717, 1.165) is 0 Å². The maximum Gasteiger partial charge on any atom is 0.266 e. The lowest BCUT2D eigenvalue weighted by Gasteiger charge is -2.15. The first-order valence-corrected chi connectivity index (χ1v) is 10.9. The molecular formula is C20H16Cl3NO3S2. The number of halogens is 3. The number of likely N-dealkylation sites (N-methyl/N-ethyl adjacent to an activating group) is 1. The molecule has 1 saturated heterocycles. The lowest BCUT2D eigenvalue weighted by molar-refractivity contribution is -0.121. The highest BCUT2D eigenvalue weighted by molar-refractivity contribution is 8.26. The topological polar surface area (TPSA) is 38.8 Å². The number of carbonyl (C=O) groups excluding carboxylic acids is 1. The van der Waals surface area contributed by atoms with Crippen molar-refractivity contribution in [1.82, 2.24) is 4.90 Å². The van der Waals surface area contributed by atoms with Gasteiger partial charge in [-0.25, -0.2) is 0 Å². The Morgan fingerprint density at radius 2 is 1.86 bits per heavy atom. The highest BCUT2D eigenvalue weighted by Crippen LogP contribution is 2.40. The predicted molar refractivity (Wildman–Crippen MR) is 124 cm³/mol. The van der Waals surface area contributed by atoms with Gasteiger partial charge in [0.05, 0.1) is 17.0 Å². The Balaban J connectivity index is 1.88. The predicted octanol–water partition coefficient (Wildman–Crippen LogP) is 6.46. The van der Waals surface area contributed by atoms with Crippen LogP contribution in [0.5, 0.6) is 11.5 Å². The summed E-state index contributed by atoms with van der Waals surface area (Å²) < 4.78 is 11.8. The first-order chi connectivity index (χ1) is 13.8. The molecule has 0 atom stereocenters. The molecule has 0 saturated carbocycles. The molecule has 1 aliphatic heterocycles. The average molecular weight is 489 g/mol. The van der Waals surface area contributed by atoms with Gasteiger partial charge in [0, 0.05) is 22.2 Å². The molecule has 1 heterocycles. The summed E-state index contributed by atoms with van der Waals surface area (Å²) in [4.78, 5) is 14.5. The van der Waals surface area contributed by atoms with Gasteiger partial charge in [0.1, 0.15) is 10.9 Å². The van der Waals surface area contributed by atoms with E-state index >= 15 is 0 Å². The zero-order chi connectivity index (χ0) is 21.1. The van der Waals surface area contributed by atoms with Crippen molar-refractivity contribution in [2.24, 2.45) is 0 Å². The van der Waals surface area contributed by atoms with Crippen LogP contribution in [-0.4, -0.2) is 28.8 Å². The van der Waals surface area contributed by atoms with Crippen molar-refractivity contribution in [1.29, 1.82) is 0 Å². The summed E-state index contributed by atoms with van der Waals surface area (Å²) in [5.41, 5.74) is 1.35. The van der Waals surface area contributed by atoms with Gasteiger partial charge in [0.2, 0.25) is 0 Å². The number of thiocarbonyl (C=S) groups is 1. The Morgan fingerprint density at radius 3 is 2.45 bits per heavy atom. The molecule has 4 nitrogen and oxygen atoms in total. The maximum atomic E-state index is 12.4. The Labute approximate surface area is 193 Å². The second-order valence-corrected chi connectivity index (χ2v) is 8.85. The summed E-state index contributed by atoms with van der Waals surface area (Å²) in [6.45, 7) is 2.54. The normalized spacial score (nSPS) is 15.3. The van der Waals surface area contributed by atoms with Gasteiger partial charge in [-0.2, -0.15) is 0 Å². The monoisotopic (exact) mass is 487 g/mol. The summed E-state index contributed by atoms with van der Waals surface area (Å²) in [6.07, 6.45) is 1.73. The van der Waals surface area contributed by atoms with Crippen molar-refractivity contribution in [3.63, 3.8) is 0 Å². The molecule has 0 unspecified atom stereocenters. The van der Waals surface area contributed by atoms with Crippen LogP contribution in [-0.2, 0) is 11.4 Å². The van der Waals surface area contributed by atoms with E-state index in [4.69, 9.17) is 56.5 Å². The third-order valence-corrected chi connectivity index (χ3v) is 6.53. The SMILES string of the molecule is CCN1C(=O)/C(=C\c2cc(Cl)c(OCc3c(Cl)cccc3Cl)c(OC)c2)SC1=S. The van der Waals surface area contributed by atoms with Crippen molar-refractivity contribution in [2.75, 3.05) is 13.7 Å². The highest BCUT2D eigenvalue weighted by atomic mass is 35.5. The van der Waals surface area contributed by atoms with E-state index in [1.807, 2.05) is 6.92 Å². The Kier molecular flexibility index (Phi) is 7.35. The van der Waals surface area contributed by atoms with Crippen molar-refractivity contribution < 1.29 is 14.3 Å². The maximum absolute atomic E-state index is 12.4. The first kappa shape index (κ1) is 22.2. The van der Waals surface area contributed by atoms with E-state index in [1.54, 1.807) is 41.3 Å². The fourth-order valence-corrected chi connectivity index (χ4v) is 4.87. The minimum atomic E-state index is -0.119. The van der Waals surface area contributed by atoms with E-state index in [-0.39, 0.29) is 12.5 Å². The number of amides is 1. The molecule has 0 spiro atoms. The van der Waals surface area contributed by atoms with Gasteiger partial charge in [-0.15, -0.1) is 0 Å². The largest absolute Gasteiger partial charge is 0.493 e. The molecule has 2 aromatic rings. The quantitative estimate of drug-likeness (QED) is 0.345. The molecule has 3 rings (SSSR count). The molecule has 9 heteroatoms. The zero-order valence-corrected chi connectivity index (χ0v) is 19.4. The number of hydrogen-bond acceptors (Lipinski definition) is 5. The number of nitrogens with zero attached hydrogens (tertiary/aromatic N) is 1. The molecule has 152 valence electrons. The number of ether oxygens (including phenoxy) is 2. The third kappa shape index (κ3) is 4.84. The number of hydrogen-bond donors (Lipinski definition) is 0. The second kappa shape index (κ2) is 9.58. The molecular weight excluding hydrogens is 473 g/mol. The molecule has 0 radical (unpaired) electrons. The number of benzene rings is 2. The molecule has 0 aliphatic carbocycles.